The van der Waals surface area contributed by atoms with E-state index in [4.69, 9.17) is 4.74 Å². The summed E-state index contributed by atoms with van der Waals surface area (Å²) in [5.74, 6) is -0.733. The highest BCUT2D eigenvalue weighted by atomic mass is 19.4. The summed E-state index contributed by atoms with van der Waals surface area (Å²) in [4.78, 5) is 22.2. The minimum absolute atomic E-state index is 0.0215. The minimum atomic E-state index is -4.86. The molecular weight excluding hydrogens is 405 g/mol. The number of anilines is 1. The second-order valence-corrected chi connectivity index (χ2v) is 6.33. The van der Waals surface area contributed by atoms with Crippen LogP contribution in [0.25, 0.3) is 5.69 Å². The number of non-ortho nitro benzene ring substituents is 1. The SMILES string of the molecule is Cc1cccc(-n2nc(C(F)(F)F)c(OC(=O)Nc3ccc([N+](=O)[O-])cc3)c2C)c1. The first-order chi connectivity index (χ1) is 14.1. The molecule has 0 aliphatic rings. The third-order valence-electron chi connectivity index (χ3n) is 4.10. The lowest BCUT2D eigenvalue weighted by atomic mass is 10.2. The van der Waals surface area contributed by atoms with Crippen LogP contribution in [-0.4, -0.2) is 20.8 Å². The van der Waals surface area contributed by atoms with Gasteiger partial charge in [-0.05, 0) is 43.7 Å². The van der Waals surface area contributed by atoms with Crippen LogP contribution in [0.1, 0.15) is 17.0 Å². The van der Waals surface area contributed by atoms with Gasteiger partial charge in [0.15, 0.2) is 5.75 Å². The molecule has 0 fully saturated rings. The molecule has 11 heteroatoms. The molecule has 0 unspecified atom stereocenters. The van der Waals surface area contributed by atoms with Crippen LogP contribution in [0, 0.1) is 24.0 Å². The molecule has 1 aromatic heterocycles. The standard InChI is InChI=1S/C19H15F3N4O4/c1-11-4-3-5-15(10-11)25-12(2)16(17(24-25)19(20,21)22)30-18(27)23-13-6-8-14(9-7-13)26(28)29/h3-10H,1-2H3,(H,23,27). The van der Waals surface area contributed by atoms with Crippen molar-refractivity contribution in [3.05, 3.63) is 75.6 Å². The van der Waals surface area contributed by atoms with Crippen LogP contribution in [0.2, 0.25) is 0 Å². The number of hydrogen-bond acceptors (Lipinski definition) is 5. The number of rotatable bonds is 4. The number of amides is 1. The predicted molar refractivity (Wildman–Crippen MR) is 101 cm³/mol. The Labute approximate surface area is 168 Å². The van der Waals surface area contributed by atoms with E-state index in [2.05, 4.69) is 10.4 Å². The van der Waals surface area contributed by atoms with Crippen LogP contribution < -0.4 is 10.1 Å². The number of aryl methyl sites for hydroxylation is 1. The van der Waals surface area contributed by atoms with Crippen molar-refractivity contribution in [2.45, 2.75) is 20.0 Å². The number of nitrogens with zero attached hydrogens (tertiary/aromatic N) is 3. The number of nitrogens with one attached hydrogen (secondary N) is 1. The third-order valence-corrected chi connectivity index (χ3v) is 4.10. The Morgan fingerprint density at radius 1 is 1.17 bits per heavy atom. The second-order valence-electron chi connectivity index (χ2n) is 6.33. The zero-order valence-corrected chi connectivity index (χ0v) is 15.7. The van der Waals surface area contributed by atoms with Crippen molar-refractivity contribution in [2.24, 2.45) is 0 Å². The van der Waals surface area contributed by atoms with E-state index >= 15 is 0 Å². The Morgan fingerprint density at radius 3 is 2.40 bits per heavy atom. The summed E-state index contributed by atoms with van der Waals surface area (Å²) < 4.78 is 46.4. The zero-order chi connectivity index (χ0) is 22.1. The summed E-state index contributed by atoms with van der Waals surface area (Å²) >= 11 is 0. The summed E-state index contributed by atoms with van der Waals surface area (Å²) in [7, 11) is 0. The van der Waals surface area contributed by atoms with E-state index in [1.807, 2.05) is 0 Å². The van der Waals surface area contributed by atoms with Crippen LogP contribution in [0.3, 0.4) is 0 Å². The van der Waals surface area contributed by atoms with Crippen LogP contribution in [-0.2, 0) is 6.18 Å². The normalized spacial score (nSPS) is 11.2. The summed E-state index contributed by atoms with van der Waals surface area (Å²) in [5.41, 5.74) is -0.267. The van der Waals surface area contributed by atoms with Gasteiger partial charge in [0.1, 0.15) is 0 Å². The van der Waals surface area contributed by atoms with Crippen molar-refractivity contribution >= 4 is 17.5 Å². The number of nitro groups is 1. The molecule has 0 saturated heterocycles. The van der Waals surface area contributed by atoms with E-state index in [1.54, 1.807) is 31.2 Å². The molecule has 1 N–H and O–H groups in total. The van der Waals surface area contributed by atoms with Gasteiger partial charge in [0, 0.05) is 17.8 Å². The molecule has 1 heterocycles. The van der Waals surface area contributed by atoms with Gasteiger partial charge in [-0.2, -0.15) is 18.3 Å². The van der Waals surface area contributed by atoms with E-state index in [0.29, 0.717) is 5.69 Å². The van der Waals surface area contributed by atoms with E-state index in [9.17, 15) is 28.1 Å². The van der Waals surface area contributed by atoms with Crippen molar-refractivity contribution in [3.8, 4) is 11.4 Å². The summed E-state index contributed by atoms with van der Waals surface area (Å²) in [6, 6.07) is 11.4. The molecule has 156 valence electrons. The van der Waals surface area contributed by atoms with E-state index in [1.165, 1.54) is 19.1 Å². The number of aromatic nitrogens is 2. The predicted octanol–water partition coefficient (Wildman–Crippen LogP) is 5.03. The fraction of sp³-hybridized carbons (Fsp3) is 0.158. The van der Waals surface area contributed by atoms with Gasteiger partial charge < -0.3 is 4.74 Å². The van der Waals surface area contributed by atoms with Gasteiger partial charge in [0.05, 0.1) is 16.3 Å². The lowest BCUT2D eigenvalue weighted by Crippen LogP contribution is -2.19. The van der Waals surface area contributed by atoms with Crippen molar-refractivity contribution < 1.29 is 27.6 Å². The number of nitro benzene ring substituents is 1. The lowest BCUT2D eigenvalue weighted by molar-refractivity contribution is -0.384. The molecular formula is C19H15F3N4O4. The van der Waals surface area contributed by atoms with Gasteiger partial charge in [0.2, 0.25) is 5.69 Å². The van der Waals surface area contributed by atoms with Crippen molar-refractivity contribution in [3.63, 3.8) is 0 Å². The Balaban J connectivity index is 1.90. The van der Waals surface area contributed by atoms with Gasteiger partial charge in [-0.25, -0.2) is 9.48 Å². The topological polar surface area (TPSA) is 99.3 Å². The first-order valence-corrected chi connectivity index (χ1v) is 8.53. The highest BCUT2D eigenvalue weighted by molar-refractivity contribution is 5.86. The third kappa shape index (κ3) is 4.40. The first-order valence-electron chi connectivity index (χ1n) is 8.53. The quantitative estimate of drug-likeness (QED) is 0.472. The van der Waals surface area contributed by atoms with Gasteiger partial charge in [-0.3, -0.25) is 15.4 Å². The van der Waals surface area contributed by atoms with Crippen LogP contribution >= 0.6 is 0 Å². The molecule has 0 saturated carbocycles. The fourth-order valence-electron chi connectivity index (χ4n) is 2.71. The fourth-order valence-corrected chi connectivity index (χ4v) is 2.71. The van der Waals surface area contributed by atoms with Crippen LogP contribution in [0.5, 0.6) is 5.75 Å². The molecule has 0 radical (unpaired) electrons. The van der Waals surface area contributed by atoms with Crippen molar-refractivity contribution in [2.75, 3.05) is 5.32 Å². The van der Waals surface area contributed by atoms with Crippen molar-refractivity contribution in [1.29, 1.82) is 0 Å². The lowest BCUT2D eigenvalue weighted by Gasteiger charge is -2.09. The molecule has 30 heavy (non-hydrogen) atoms. The molecule has 3 aromatic rings. The smallest absolute Gasteiger partial charge is 0.406 e. The summed E-state index contributed by atoms with van der Waals surface area (Å²) in [6.45, 7) is 3.13. The van der Waals surface area contributed by atoms with Crippen LogP contribution in [0.15, 0.2) is 48.5 Å². The van der Waals surface area contributed by atoms with E-state index < -0.39 is 28.6 Å². The molecule has 3 rings (SSSR count). The van der Waals surface area contributed by atoms with Crippen LogP contribution in [0.4, 0.5) is 29.3 Å². The highest BCUT2D eigenvalue weighted by Gasteiger charge is 2.40. The van der Waals surface area contributed by atoms with Crippen molar-refractivity contribution in [1.82, 2.24) is 9.78 Å². The number of benzene rings is 2. The Hall–Kier alpha value is -3.89. The summed E-state index contributed by atoms with van der Waals surface area (Å²) in [6.07, 6.45) is -6.05. The Morgan fingerprint density at radius 2 is 1.83 bits per heavy atom. The van der Waals surface area contributed by atoms with Gasteiger partial charge >= 0.3 is 12.3 Å². The summed E-state index contributed by atoms with van der Waals surface area (Å²) in [5, 5.41) is 16.5. The Kier molecular flexibility index (Phi) is 5.45. The Bertz CT molecular complexity index is 1110. The number of halogens is 3. The van der Waals surface area contributed by atoms with E-state index in [0.717, 1.165) is 22.4 Å². The van der Waals surface area contributed by atoms with Gasteiger partial charge in [0.25, 0.3) is 5.69 Å². The molecule has 0 spiro atoms. The number of alkyl halides is 3. The zero-order valence-electron chi connectivity index (χ0n) is 15.7. The molecule has 1 amide bonds. The molecule has 2 aromatic carbocycles. The monoisotopic (exact) mass is 420 g/mol. The molecule has 0 atom stereocenters. The molecule has 0 aliphatic carbocycles. The first kappa shape index (κ1) is 20.8. The van der Waals surface area contributed by atoms with E-state index in [-0.39, 0.29) is 17.1 Å². The number of carbonyl (C=O) groups is 1. The minimum Gasteiger partial charge on any atom is -0.406 e. The molecule has 8 nitrogen and oxygen atoms in total. The highest BCUT2D eigenvalue weighted by Crippen LogP contribution is 2.38. The largest absolute Gasteiger partial charge is 0.438 e. The molecule has 0 aliphatic heterocycles. The number of carbonyl (C=O) groups excluding carboxylic acids is 1. The maximum Gasteiger partial charge on any atom is 0.438 e. The average Bonchev–Trinajstić information content (AvgIpc) is 2.99. The average molecular weight is 420 g/mol. The second kappa shape index (κ2) is 7.85. The number of ether oxygens (including phenoxy) is 1. The van der Waals surface area contributed by atoms with Gasteiger partial charge in [-0.15, -0.1) is 0 Å². The molecule has 0 bridgehead atoms. The van der Waals surface area contributed by atoms with Gasteiger partial charge in [-0.1, -0.05) is 12.1 Å². The maximum atomic E-state index is 13.5. The maximum absolute atomic E-state index is 13.5. The number of hydrogen-bond donors (Lipinski definition) is 1.